The average molecular weight is 270 g/mol. The molecule has 4 heteroatoms. The van der Waals surface area contributed by atoms with Crippen LogP contribution in [0.5, 0.6) is 0 Å². The molecule has 0 aliphatic rings. The van der Waals surface area contributed by atoms with E-state index in [1.54, 1.807) is 18.3 Å². The monoisotopic (exact) mass is 270 g/mol. The highest BCUT2D eigenvalue weighted by Gasteiger charge is 2.20. The third-order valence-corrected chi connectivity index (χ3v) is 2.99. The third-order valence-electron chi connectivity index (χ3n) is 2.99. The SMILES string of the molecule is CCc1cn(C(=O)OC(C)(C)C)c2ccc(C#N)cc12. The second-order valence-electron chi connectivity index (χ2n) is 5.70. The molecule has 0 fully saturated rings. The molecule has 0 spiro atoms. The second-order valence-corrected chi connectivity index (χ2v) is 5.70. The van der Waals surface area contributed by atoms with E-state index in [9.17, 15) is 4.79 Å². The highest BCUT2D eigenvalue weighted by atomic mass is 16.6. The lowest BCUT2D eigenvalue weighted by molar-refractivity contribution is 0.0544. The Balaban J connectivity index is 2.55. The van der Waals surface area contributed by atoms with Gasteiger partial charge in [-0.2, -0.15) is 5.26 Å². The molecule has 0 N–H and O–H groups in total. The van der Waals surface area contributed by atoms with Crippen LogP contribution in [0.4, 0.5) is 4.79 Å². The van der Waals surface area contributed by atoms with Gasteiger partial charge in [-0.05, 0) is 51.0 Å². The first kappa shape index (κ1) is 14.1. The Hall–Kier alpha value is -2.28. The van der Waals surface area contributed by atoms with Crippen molar-refractivity contribution in [2.24, 2.45) is 0 Å². The fourth-order valence-corrected chi connectivity index (χ4v) is 2.11. The number of hydrogen-bond acceptors (Lipinski definition) is 3. The van der Waals surface area contributed by atoms with Crippen molar-refractivity contribution >= 4 is 17.0 Å². The van der Waals surface area contributed by atoms with Crippen LogP contribution in [0.1, 0.15) is 38.8 Å². The van der Waals surface area contributed by atoms with Crippen LogP contribution in [0.3, 0.4) is 0 Å². The Labute approximate surface area is 118 Å². The summed E-state index contributed by atoms with van der Waals surface area (Å²) in [6, 6.07) is 7.44. The molecule has 0 amide bonds. The van der Waals surface area contributed by atoms with E-state index in [4.69, 9.17) is 10.00 Å². The van der Waals surface area contributed by atoms with Crippen molar-refractivity contribution < 1.29 is 9.53 Å². The Kier molecular flexibility index (Phi) is 3.54. The van der Waals surface area contributed by atoms with Gasteiger partial charge in [-0.15, -0.1) is 0 Å². The van der Waals surface area contributed by atoms with Crippen molar-refractivity contribution in [3.63, 3.8) is 0 Å². The maximum absolute atomic E-state index is 12.2. The molecule has 0 saturated heterocycles. The van der Waals surface area contributed by atoms with Gasteiger partial charge in [0, 0.05) is 11.6 Å². The maximum atomic E-state index is 12.2. The van der Waals surface area contributed by atoms with E-state index in [1.165, 1.54) is 4.57 Å². The van der Waals surface area contributed by atoms with Gasteiger partial charge in [-0.25, -0.2) is 4.79 Å². The van der Waals surface area contributed by atoms with Crippen molar-refractivity contribution in [3.8, 4) is 6.07 Å². The number of benzene rings is 1. The molecule has 1 heterocycles. The molecular formula is C16H18N2O2. The van der Waals surface area contributed by atoms with E-state index >= 15 is 0 Å². The zero-order valence-electron chi connectivity index (χ0n) is 12.2. The normalized spacial score (nSPS) is 11.3. The molecule has 0 aliphatic heterocycles. The van der Waals surface area contributed by atoms with Gasteiger partial charge >= 0.3 is 6.09 Å². The van der Waals surface area contributed by atoms with Gasteiger partial charge < -0.3 is 4.74 Å². The Bertz CT molecular complexity index is 700. The Morgan fingerprint density at radius 3 is 2.65 bits per heavy atom. The van der Waals surface area contributed by atoms with Crippen LogP contribution < -0.4 is 0 Å². The van der Waals surface area contributed by atoms with E-state index in [0.717, 1.165) is 22.9 Å². The minimum Gasteiger partial charge on any atom is -0.443 e. The number of aryl methyl sites for hydroxylation is 1. The third kappa shape index (κ3) is 2.67. The predicted octanol–water partition coefficient (Wildman–Crippen LogP) is 3.86. The number of nitriles is 1. The summed E-state index contributed by atoms with van der Waals surface area (Å²) in [5, 5.41) is 9.91. The first-order valence-corrected chi connectivity index (χ1v) is 6.63. The van der Waals surface area contributed by atoms with Gasteiger partial charge in [0.15, 0.2) is 0 Å². The van der Waals surface area contributed by atoms with E-state index in [-0.39, 0.29) is 0 Å². The summed E-state index contributed by atoms with van der Waals surface area (Å²) in [5.74, 6) is 0. The van der Waals surface area contributed by atoms with Crippen LogP contribution in [0.2, 0.25) is 0 Å². The predicted molar refractivity (Wildman–Crippen MR) is 77.7 cm³/mol. The molecule has 2 rings (SSSR count). The van der Waals surface area contributed by atoms with Crippen molar-refractivity contribution in [2.45, 2.75) is 39.7 Å². The minimum atomic E-state index is -0.535. The van der Waals surface area contributed by atoms with Crippen LogP contribution in [0, 0.1) is 11.3 Å². The van der Waals surface area contributed by atoms with Crippen molar-refractivity contribution in [2.75, 3.05) is 0 Å². The van der Waals surface area contributed by atoms with E-state index in [2.05, 4.69) is 6.07 Å². The zero-order valence-corrected chi connectivity index (χ0v) is 12.2. The average Bonchev–Trinajstić information content (AvgIpc) is 2.74. The molecular weight excluding hydrogens is 252 g/mol. The van der Waals surface area contributed by atoms with Crippen LogP contribution >= 0.6 is 0 Å². The Morgan fingerprint density at radius 2 is 2.10 bits per heavy atom. The standard InChI is InChI=1S/C16H18N2O2/c1-5-12-10-18(15(19)20-16(2,3)4)14-7-6-11(9-17)8-13(12)14/h6-8,10H,5H2,1-4H3. The highest BCUT2D eigenvalue weighted by molar-refractivity contribution is 5.92. The molecule has 104 valence electrons. The van der Waals surface area contributed by atoms with Crippen LogP contribution in [-0.2, 0) is 11.2 Å². The smallest absolute Gasteiger partial charge is 0.419 e. The molecule has 4 nitrogen and oxygen atoms in total. The summed E-state index contributed by atoms with van der Waals surface area (Å²) in [5.41, 5.74) is 1.86. The molecule has 2 aromatic rings. The summed E-state index contributed by atoms with van der Waals surface area (Å²) < 4.78 is 6.92. The molecule has 1 aromatic heterocycles. The lowest BCUT2D eigenvalue weighted by Gasteiger charge is -2.19. The molecule has 0 radical (unpaired) electrons. The van der Waals surface area contributed by atoms with Crippen LogP contribution in [-0.4, -0.2) is 16.3 Å². The number of fused-ring (bicyclic) bond motifs is 1. The quantitative estimate of drug-likeness (QED) is 0.790. The number of aromatic nitrogens is 1. The largest absolute Gasteiger partial charge is 0.443 e. The summed E-state index contributed by atoms with van der Waals surface area (Å²) >= 11 is 0. The summed E-state index contributed by atoms with van der Waals surface area (Å²) in [7, 11) is 0. The lowest BCUT2D eigenvalue weighted by Crippen LogP contribution is -2.26. The molecule has 0 bridgehead atoms. The number of nitrogens with zero attached hydrogens (tertiary/aromatic N) is 2. The van der Waals surface area contributed by atoms with Gasteiger partial charge in [0.25, 0.3) is 0 Å². The number of ether oxygens (including phenoxy) is 1. The molecule has 1 aromatic carbocycles. The van der Waals surface area contributed by atoms with E-state index in [1.807, 2.05) is 33.8 Å². The van der Waals surface area contributed by atoms with Crippen molar-refractivity contribution in [3.05, 3.63) is 35.5 Å². The number of carbonyl (C=O) groups is 1. The summed E-state index contributed by atoms with van der Waals surface area (Å²) in [6.45, 7) is 7.54. The van der Waals surface area contributed by atoms with E-state index < -0.39 is 11.7 Å². The highest BCUT2D eigenvalue weighted by Crippen LogP contribution is 2.24. The van der Waals surface area contributed by atoms with Crippen LogP contribution in [0.15, 0.2) is 24.4 Å². The van der Waals surface area contributed by atoms with Gasteiger partial charge in [0.2, 0.25) is 0 Å². The first-order valence-electron chi connectivity index (χ1n) is 6.63. The zero-order chi connectivity index (χ0) is 14.9. The summed E-state index contributed by atoms with van der Waals surface area (Å²) in [4.78, 5) is 12.2. The van der Waals surface area contributed by atoms with Gasteiger partial charge in [0.1, 0.15) is 5.60 Å². The summed E-state index contributed by atoms with van der Waals surface area (Å²) in [6.07, 6.45) is 2.19. The first-order chi connectivity index (χ1) is 9.35. The number of hydrogen-bond donors (Lipinski definition) is 0. The lowest BCUT2D eigenvalue weighted by atomic mass is 10.1. The van der Waals surface area contributed by atoms with E-state index in [0.29, 0.717) is 5.56 Å². The maximum Gasteiger partial charge on any atom is 0.419 e. The topological polar surface area (TPSA) is 55.0 Å². The molecule has 0 unspecified atom stereocenters. The van der Waals surface area contributed by atoms with Crippen molar-refractivity contribution in [1.29, 1.82) is 5.26 Å². The molecule has 0 atom stereocenters. The van der Waals surface area contributed by atoms with Crippen LogP contribution in [0.25, 0.3) is 10.9 Å². The molecule has 0 aliphatic carbocycles. The second kappa shape index (κ2) is 5.01. The van der Waals surface area contributed by atoms with Gasteiger partial charge in [0.05, 0.1) is 17.1 Å². The number of rotatable bonds is 1. The van der Waals surface area contributed by atoms with Gasteiger partial charge in [-0.1, -0.05) is 6.92 Å². The molecule has 0 saturated carbocycles. The molecule has 20 heavy (non-hydrogen) atoms. The fourth-order valence-electron chi connectivity index (χ4n) is 2.11. The minimum absolute atomic E-state index is 0.396. The Morgan fingerprint density at radius 1 is 1.40 bits per heavy atom. The van der Waals surface area contributed by atoms with Crippen molar-refractivity contribution in [1.82, 2.24) is 4.57 Å². The fraction of sp³-hybridized carbons (Fsp3) is 0.375. The van der Waals surface area contributed by atoms with Gasteiger partial charge in [-0.3, -0.25) is 4.57 Å². The number of carbonyl (C=O) groups excluding carboxylic acids is 1.